The minimum Gasteiger partial charge on any atom is -0.489 e. The molecule has 0 radical (unpaired) electrons. The van der Waals surface area contributed by atoms with Gasteiger partial charge in [0.1, 0.15) is 0 Å². The normalized spacial score (nSPS) is 11.8. The number of para-hydroxylation sites is 1. The molecule has 4 nitrogen and oxygen atoms in total. The average molecular weight is 301 g/mol. The van der Waals surface area contributed by atoms with E-state index in [1.165, 1.54) is 0 Å². The third-order valence-corrected chi connectivity index (χ3v) is 4.01. The Hall–Kier alpha value is -2.10. The highest BCUT2D eigenvalue weighted by atomic mass is 16.5. The lowest BCUT2D eigenvalue weighted by Gasteiger charge is -2.28. The van der Waals surface area contributed by atoms with Crippen molar-refractivity contribution < 1.29 is 4.74 Å². The Morgan fingerprint density at radius 1 is 1.14 bits per heavy atom. The molecule has 118 valence electrons. The summed E-state index contributed by atoms with van der Waals surface area (Å²) in [5.41, 5.74) is 6.94. The summed E-state index contributed by atoms with van der Waals surface area (Å²) in [5, 5.41) is 0. The summed E-state index contributed by atoms with van der Waals surface area (Å²) < 4.78 is 5.50. The summed E-state index contributed by atoms with van der Waals surface area (Å²) in [6.45, 7) is 6.56. The fraction of sp³-hybridized carbons (Fsp3) is 0.444. The van der Waals surface area contributed by atoms with Crippen LogP contribution in [0.5, 0.6) is 5.75 Å². The number of anilines is 1. The number of hydrogen-bond donors (Lipinski definition) is 1. The molecule has 0 atom stereocenters. The van der Waals surface area contributed by atoms with Crippen LogP contribution in [0.25, 0.3) is 0 Å². The molecule has 2 aromatic carbocycles. The summed E-state index contributed by atoms with van der Waals surface area (Å²) in [7, 11) is 0. The number of nitrogen functional groups attached to an aromatic ring is 1. The quantitative estimate of drug-likeness (QED) is 0.485. The zero-order chi connectivity index (χ0) is 16.3. The highest BCUT2D eigenvalue weighted by Gasteiger charge is 2.31. The van der Waals surface area contributed by atoms with Gasteiger partial charge in [-0.1, -0.05) is 45.4 Å². The van der Waals surface area contributed by atoms with E-state index >= 15 is 0 Å². The maximum absolute atomic E-state index is 11.9. The second-order valence-electron chi connectivity index (χ2n) is 6.32. The molecule has 2 rings (SSSR count). The van der Waals surface area contributed by atoms with E-state index in [0.29, 0.717) is 24.3 Å². The van der Waals surface area contributed by atoms with Crippen LogP contribution in [-0.4, -0.2) is 6.61 Å². The smallest absolute Gasteiger partial charge is 0.268 e. The Morgan fingerprint density at radius 2 is 1.82 bits per heavy atom. The van der Waals surface area contributed by atoms with Crippen LogP contribution in [0, 0.1) is 0 Å². The molecule has 0 aliphatic rings. The van der Waals surface area contributed by atoms with Crippen molar-refractivity contribution in [1.82, 2.24) is 0 Å². The maximum Gasteiger partial charge on any atom is 0.268 e. The summed E-state index contributed by atoms with van der Waals surface area (Å²) >= 11 is 0. The molecule has 0 saturated carbocycles. The largest absolute Gasteiger partial charge is 0.489 e. The molecule has 4 heteroatoms. The first-order valence-corrected chi connectivity index (χ1v) is 7.68. The van der Waals surface area contributed by atoms with Crippen LogP contribution >= 0.6 is 0 Å². The monoisotopic (exact) mass is 301 g/mol. The van der Waals surface area contributed by atoms with E-state index in [-0.39, 0.29) is 11.2 Å². The molecule has 0 saturated heterocycles. The van der Waals surface area contributed by atoms with Crippen molar-refractivity contribution >= 4 is 5.69 Å². The van der Waals surface area contributed by atoms with Gasteiger partial charge in [-0.05, 0) is 29.9 Å². The summed E-state index contributed by atoms with van der Waals surface area (Å²) in [4.78, 5) is 23.6. The molecule has 0 spiro atoms. The second-order valence-corrected chi connectivity index (χ2v) is 6.32. The van der Waals surface area contributed by atoms with Gasteiger partial charge in [0.15, 0.2) is 5.75 Å². The second kappa shape index (κ2) is 6.34. The zero-order valence-corrected chi connectivity index (χ0v) is 13.4. The molecule has 0 aromatic heterocycles. The lowest BCUT2D eigenvalue weighted by molar-refractivity contribution is 0.296. The van der Waals surface area contributed by atoms with E-state index < -0.39 is 10.9 Å². The Labute approximate surface area is 130 Å². The van der Waals surface area contributed by atoms with E-state index in [4.69, 9.17) is 10.5 Å². The summed E-state index contributed by atoms with van der Waals surface area (Å²) in [6.07, 6.45) is 2.30. The van der Waals surface area contributed by atoms with Crippen LogP contribution in [0.3, 0.4) is 0 Å². The maximum atomic E-state index is 11.9. The van der Waals surface area contributed by atoms with Crippen molar-refractivity contribution in [1.29, 1.82) is 0 Å². The topological polar surface area (TPSA) is 69.4 Å². The van der Waals surface area contributed by atoms with Crippen LogP contribution in [-0.2, 0) is 11.8 Å². The van der Waals surface area contributed by atoms with Gasteiger partial charge in [0.25, 0.3) is 5.43 Å². The minimum absolute atomic E-state index is 0.251. The molecular weight excluding hydrogens is 278 g/mol. The molecular formula is C18H23NO3. The lowest BCUT2D eigenvalue weighted by atomic mass is 9.77. The van der Waals surface area contributed by atoms with E-state index in [0.717, 1.165) is 18.4 Å². The van der Waals surface area contributed by atoms with Crippen molar-refractivity contribution in [3.05, 3.63) is 55.8 Å². The molecule has 0 fully saturated rings. The van der Waals surface area contributed by atoms with Gasteiger partial charge < -0.3 is 10.5 Å². The van der Waals surface area contributed by atoms with Gasteiger partial charge in [-0.2, -0.15) is 0 Å². The molecule has 22 heavy (non-hydrogen) atoms. The number of hydrogen-bond acceptors (Lipinski definition) is 4. The van der Waals surface area contributed by atoms with Crippen molar-refractivity contribution in [2.75, 3.05) is 12.3 Å². The molecule has 0 aliphatic carbocycles. The van der Waals surface area contributed by atoms with E-state index in [9.17, 15) is 9.59 Å². The van der Waals surface area contributed by atoms with Crippen LogP contribution in [0.1, 0.15) is 44.7 Å². The van der Waals surface area contributed by atoms with E-state index in [1.54, 1.807) is 0 Å². The van der Waals surface area contributed by atoms with Crippen LogP contribution in [0.15, 0.2) is 33.9 Å². The summed E-state index contributed by atoms with van der Waals surface area (Å²) in [5.74, 6) is 0.251. The first-order chi connectivity index (χ1) is 10.4. The molecule has 0 bridgehead atoms. The lowest BCUT2D eigenvalue weighted by Crippen LogP contribution is -2.40. The van der Waals surface area contributed by atoms with Crippen LogP contribution < -0.4 is 21.3 Å². The predicted molar refractivity (Wildman–Crippen MR) is 89.3 cm³/mol. The molecule has 0 heterocycles. The Balaban J connectivity index is 2.24. The van der Waals surface area contributed by atoms with E-state index in [2.05, 4.69) is 0 Å². The van der Waals surface area contributed by atoms with Gasteiger partial charge in [-0.25, -0.2) is 0 Å². The van der Waals surface area contributed by atoms with Gasteiger partial charge in [0.2, 0.25) is 5.43 Å². The number of nitrogens with two attached hydrogens (primary N) is 1. The standard InChI is InChI=1S/C18H23NO3/c1-4-5-10-22-17-12(15(20)16(17)21)11-18(2,3)13-8-6-7-9-14(13)19/h6-9H,4-5,10-11,19H2,1-3H3. The third kappa shape index (κ3) is 3.06. The number of rotatable bonds is 7. The minimum atomic E-state index is -0.497. The van der Waals surface area contributed by atoms with Gasteiger partial charge in [0.05, 0.1) is 12.2 Å². The molecule has 0 amide bonds. The first kappa shape index (κ1) is 16.3. The van der Waals surface area contributed by atoms with Crippen molar-refractivity contribution in [2.45, 2.75) is 45.4 Å². The number of benzene rings is 1. The summed E-state index contributed by atoms with van der Waals surface area (Å²) in [6, 6.07) is 7.61. The Bertz CT molecular complexity index is 724. The fourth-order valence-corrected chi connectivity index (χ4v) is 2.70. The molecule has 2 N–H and O–H groups in total. The molecule has 2 aromatic rings. The molecule has 0 unspecified atom stereocenters. The Morgan fingerprint density at radius 3 is 2.45 bits per heavy atom. The van der Waals surface area contributed by atoms with Gasteiger partial charge in [0, 0.05) is 5.69 Å². The number of unbranched alkanes of at least 4 members (excludes halogenated alkanes) is 1. The van der Waals surface area contributed by atoms with Gasteiger partial charge in [-0.3, -0.25) is 9.59 Å². The van der Waals surface area contributed by atoms with Crippen LogP contribution in [0.4, 0.5) is 5.69 Å². The fourth-order valence-electron chi connectivity index (χ4n) is 2.70. The molecule has 0 aliphatic heterocycles. The third-order valence-electron chi connectivity index (χ3n) is 4.01. The number of ether oxygens (including phenoxy) is 1. The first-order valence-electron chi connectivity index (χ1n) is 7.68. The van der Waals surface area contributed by atoms with Crippen molar-refractivity contribution in [3.8, 4) is 5.75 Å². The predicted octanol–water partition coefficient (Wildman–Crippen LogP) is 2.56. The highest BCUT2D eigenvalue weighted by Crippen LogP contribution is 2.32. The van der Waals surface area contributed by atoms with Crippen molar-refractivity contribution in [2.24, 2.45) is 0 Å². The zero-order valence-electron chi connectivity index (χ0n) is 13.4. The van der Waals surface area contributed by atoms with Gasteiger partial charge >= 0.3 is 0 Å². The Kier molecular flexibility index (Phi) is 4.69. The SMILES string of the molecule is CCCCOc1c(CC(C)(C)c2ccccc2N)c(=O)c1=O. The van der Waals surface area contributed by atoms with Gasteiger partial charge in [-0.15, -0.1) is 0 Å². The van der Waals surface area contributed by atoms with Crippen LogP contribution in [0.2, 0.25) is 0 Å². The average Bonchev–Trinajstić information content (AvgIpc) is 2.49. The highest BCUT2D eigenvalue weighted by molar-refractivity contribution is 5.52. The van der Waals surface area contributed by atoms with E-state index in [1.807, 2.05) is 45.0 Å². The van der Waals surface area contributed by atoms with Crippen molar-refractivity contribution in [3.63, 3.8) is 0 Å².